The first-order chi connectivity index (χ1) is 9.23. The zero-order valence-electron chi connectivity index (χ0n) is 10.7. The van der Waals surface area contributed by atoms with Crippen LogP contribution in [0.2, 0.25) is 0 Å². The molecule has 1 aliphatic rings. The molecule has 0 amide bonds. The van der Waals surface area contributed by atoms with E-state index >= 15 is 0 Å². The number of piperidine rings is 1. The average molecular weight is 294 g/mol. The molecule has 1 aromatic carbocycles. The fraction of sp³-hybridized carbons (Fsp3) is 0.538. The van der Waals surface area contributed by atoms with Crippen LogP contribution in [0, 0.1) is 0 Å². The molecular formula is C13H15F5N2. The minimum atomic E-state index is -4.43. The highest BCUT2D eigenvalue weighted by Gasteiger charge is 2.35. The lowest BCUT2D eigenvalue weighted by atomic mass is 10.0. The van der Waals surface area contributed by atoms with Gasteiger partial charge in [-0.05, 0) is 23.8 Å². The number of halogens is 5. The first-order valence-electron chi connectivity index (χ1n) is 6.26. The van der Waals surface area contributed by atoms with Crippen LogP contribution in [0.1, 0.15) is 24.0 Å². The molecule has 2 rings (SSSR count). The van der Waals surface area contributed by atoms with Crippen LogP contribution in [-0.2, 0) is 12.7 Å². The van der Waals surface area contributed by atoms with Crippen molar-refractivity contribution in [3.05, 3.63) is 29.3 Å². The Labute approximate surface area is 113 Å². The second-order valence-electron chi connectivity index (χ2n) is 4.89. The third-order valence-electron chi connectivity index (χ3n) is 3.46. The Balaban J connectivity index is 2.25. The molecule has 112 valence electrons. The Kier molecular flexibility index (Phi) is 3.90. The van der Waals surface area contributed by atoms with Gasteiger partial charge in [0.25, 0.3) is 5.92 Å². The zero-order chi connectivity index (χ0) is 15.0. The number of nitrogens with two attached hydrogens (primary N) is 1. The van der Waals surface area contributed by atoms with Gasteiger partial charge in [0.2, 0.25) is 0 Å². The molecule has 0 atom stereocenters. The molecule has 1 heterocycles. The summed E-state index contributed by atoms with van der Waals surface area (Å²) < 4.78 is 64.1. The van der Waals surface area contributed by atoms with Crippen LogP contribution in [0.15, 0.2) is 18.2 Å². The summed E-state index contributed by atoms with van der Waals surface area (Å²) in [6, 6.07) is 3.26. The number of alkyl halides is 5. The Bertz CT molecular complexity index is 474. The van der Waals surface area contributed by atoms with Crippen molar-refractivity contribution < 1.29 is 22.0 Å². The van der Waals surface area contributed by atoms with E-state index in [2.05, 4.69) is 0 Å². The summed E-state index contributed by atoms with van der Waals surface area (Å²) >= 11 is 0. The van der Waals surface area contributed by atoms with Gasteiger partial charge in [0.15, 0.2) is 0 Å². The number of hydrogen-bond acceptors (Lipinski definition) is 2. The molecule has 0 aromatic heterocycles. The molecule has 7 heteroatoms. The number of nitrogens with zero attached hydrogens (tertiary/aromatic N) is 1. The molecule has 0 radical (unpaired) electrons. The van der Waals surface area contributed by atoms with Gasteiger partial charge >= 0.3 is 6.18 Å². The highest BCUT2D eigenvalue weighted by molar-refractivity contribution is 5.55. The summed E-state index contributed by atoms with van der Waals surface area (Å²) in [5, 5.41) is 0. The molecule has 1 aromatic rings. The van der Waals surface area contributed by atoms with Crippen molar-refractivity contribution in [2.75, 3.05) is 18.0 Å². The van der Waals surface area contributed by atoms with E-state index in [0.717, 1.165) is 12.1 Å². The SMILES string of the molecule is NCc1cc(C(F)(F)F)ccc1N1CCC(F)(F)CC1. The Morgan fingerprint density at radius 2 is 1.75 bits per heavy atom. The molecule has 0 spiro atoms. The Morgan fingerprint density at radius 3 is 2.25 bits per heavy atom. The van der Waals surface area contributed by atoms with Crippen molar-refractivity contribution in [2.24, 2.45) is 5.73 Å². The average Bonchev–Trinajstić information content (AvgIpc) is 2.37. The number of hydrogen-bond donors (Lipinski definition) is 1. The van der Waals surface area contributed by atoms with Crippen molar-refractivity contribution >= 4 is 5.69 Å². The minimum Gasteiger partial charge on any atom is -0.371 e. The van der Waals surface area contributed by atoms with E-state index in [1.54, 1.807) is 4.90 Å². The summed E-state index contributed by atoms with van der Waals surface area (Å²) in [5.74, 6) is -2.69. The third kappa shape index (κ3) is 3.20. The Hall–Kier alpha value is -1.37. The van der Waals surface area contributed by atoms with Crippen LogP contribution in [-0.4, -0.2) is 19.0 Å². The maximum atomic E-state index is 13.1. The topological polar surface area (TPSA) is 29.3 Å². The maximum absolute atomic E-state index is 13.1. The third-order valence-corrected chi connectivity index (χ3v) is 3.46. The van der Waals surface area contributed by atoms with E-state index < -0.39 is 17.7 Å². The van der Waals surface area contributed by atoms with Gasteiger partial charge < -0.3 is 10.6 Å². The summed E-state index contributed by atoms with van der Waals surface area (Å²) in [7, 11) is 0. The molecule has 1 saturated heterocycles. The number of benzene rings is 1. The second kappa shape index (κ2) is 5.20. The van der Waals surface area contributed by atoms with E-state index in [9.17, 15) is 22.0 Å². The van der Waals surface area contributed by atoms with Crippen LogP contribution >= 0.6 is 0 Å². The van der Waals surface area contributed by atoms with Crippen LogP contribution in [0.4, 0.5) is 27.6 Å². The molecule has 2 N–H and O–H groups in total. The summed E-state index contributed by atoms with van der Waals surface area (Å²) in [6.45, 7) is 0.170. The standard InChI is InChI=1S/C13H15F5N2/c14-12(15)3-5-20(6-4-12)11-2-1-10(13(16,17)18)7-9(11)8-19/h1-2,7H,3-6,8,19H2. The molecule has 1 aliphatic heterocycles. The molecule has 20 heavy (non-hydrogen) atoms. The van der Waals surface area contributed by atoms with Crippen LogP contribution < -0.4 is 10.6 Å². The van der Waals surface area contributed by atoms with Gasteiger partial charge in [-0.25, -0.2) is 8.78 Å². The number of anilines is 1. The first kappa shape index (κ1) is 15.0. The number of rotatable bonds is 2. The lowest BCUT2D eigenvalue weighted by molar-refractivity contribution is -0.137. The van der Waals surface area contributed by atoms with Crippen molar-refractivity contribution in [1.29, 1.82) is 0 Å². The van der Waals surface area contributed by atoms with Crippen molar-refractivity contribution in [2.45, 2.75) is 31.5 Å². The molecule has 0 saturated carbocycles. The van der Waals surface area contributed by atoms with Gasteiger partial charge in [0, 0.05) is 38.2 Å². The maximum Gasteiger partial charge on any atom is 0.416 e. The predicted octanol–water partition coefficient (Wildman–Crippen LogP) is 3.40. The quantitative estimate of drug-likeness (QED) is 0.847. The smallest absolute Gasteiger partial charge is 0.371 e. The van der Waals surface area contributed by atoms with Gasteiger partial charge in [-0.1, -0.05) is 0 Å². The van der Waals surface area contributed by atoms with Gasteiger partial charge in [0.1, 0.15) is 0 Å². The van der Waals surface area contributed by atoms with E-state index in [1.807, 2.05) is 0 Å². The largest absolute Gasteiger partial charge is 0.416 e. The molecule has 0 aliphatic carbocycles. The Morgan fingerprint density at radius 1 is 1.15 bits per heavy atom. The van der Waals surface area contributed by atoms with Crippen molar-refractivity contribution in [1.82, 2.24) is 0 Å². The fourth-order valence-corrected chi connectivity index (χ4v) is 2.31. The predicted molar refractivity (Wildman–Crippen MR) is 65.7 cm³/mol. The molecule has 0 bridgehead atoms. The second-order valence-corrected chi connectivity index (χ2v) is 4.89. The molecular weight excluding hydrogens is 279 g/mol. The van der Waals surface area contributed by atoms with Gasteiger partial charge in [-0.2, -0.15) is 13.2 Å². The van der Waals surface area contributed by atoms with Crippen molar-refractivity contribution in [3.8, 4) is 0 Å². The van der Waals surface area contributed by atoms with E-state index in [-0.39, 0.29) is 32.5 Å². The molecule has 1 fully saturated rings. The highest BCUT2D eigenvalue weighted by atomic mass is 19.4. The summed E-state index contributed by atoms with van der Waals surface area (Å²) in [4.78, 5) is 1.67. The van der Waals surface area contributed by atoms with E-state index in [0.29, 0.717) is 11.3 Å². The lowest BCUT2D eigenvalue weighted by Gasteiger charge is -2.34. The van der Waals surface area contributed by atoms with Crippen LogP contribution in [0.3, 0.4) is 0 Å². The van der Waals surface area contributed by atoms with Crippen molar-refractivity contribution in [3.63, 3.8) is 0 Å². The lowest BCUT2D eigenvalue weighted by Crippen LogP contribution is -2.39. The normalized spacial score (nSPS) is 19.2. The monoisotopic (exact) mass is 294 g/mol. The van der Waals surface area contributed by atoms with Gasteiger partial charge in [-0.3, -0.25) is 0 Å². The molecule has 2 nitrogen and oxygen atoms in total. The van der Waals surface area contributed by atoms with E-state index in [1.165, 1.54) is 6.07 Å². The summed E-state index contributed by atoms with van der Waals surface area (Å²) in [6.07, 6.45) is -5.02. The van der Waals surface area contributed by atoms with Crippen LogP contribution in [0.25, 0.3) is 0 Å². The molecule has 0 unspecified atom stereocenters. The fourth-order valence-electron chi connectivity index (χ4n) is 2.31. The zero-order valence-corrected chi connectivity index (χ0v) is 10.7. The van der Waals surface area contributed by atoms with Crippen LogP contribution in [0.5, 0.6) is 0 Å². The summed E-state index contributed by atoms with van der Waals surface area (Å²) in [5.41, 5.74) is 5.54. The van der Waals surface area contributed by atoms with Gasteiger partial charge in [-0.15, -0.1) is 0 Å². The van der Waals surface area contributed by atoms with Gasteiger partial charge in [0.05, 0.1) is 5.56 Å². The first-order valence-corrected chi connectivity index (χ1v) is 6.26. The minimum absolute atomic E-state index is 0.0633. The van der Waals surface area contributed by atoms with E-state index in [4.69, 9.17) is 5.73 Å². The highest BCUT2D eigenvalue weighted by Crippen LogP contribution is 2.35.